The van der Waals surface area contributed by atoms with E-state index in [1.54, 1.807) is 30.3 Å². The Labute approximate surface area is 163 Å². The Morgan fingerprint density at radius 3 is 2.27 bits per heavy atom. The second kappa shape index (κ2) is 8.56. The highest BCUT2D eigenvalue weighted by Crippen LogP contribution is 2.29. The first-order valence-electron chi connectivity index (χ1n) is 8.31. The van der Waals surface area contributed by atoms with E-state index in [1.165, 1.54) is 0 Å². The maximum absolute atomic E-state index is 12.2. The van der Waals surface area contributed by atoms with Gasteiger partial charge in [0.1, 0.15) is 0 Å². The van der Waals surface area contributed by atoms with Crippen LogP contribution in [0.2, 0.25) is 10.0 Å². The monoisotopic (exact) mass is 392 g/mol. The van der Waals surface area contributed by atoms with Gasteiger partial charge in [0.05, 0.1) is 15.7 Å². The molecule has 0 aliphatic rings. The molecule has 6 heteroatoms. The summed E-state index contributed by atoms with van der Waals surface area (Å²) < 4.78 is 0. The third-order valence-corrected chi connectivity index (χ3v) is 4.70. The molecule has 0 aromatic heterocycles. The van der Waals surface area contributed by atoms with Crippen molar-refractivity contribution < 1.29 is 9.59 Å². The molecule has 0 heterocycles. The van der Waals surface area contributed by atoms with Crippen LogP contribution < -0.4 is 10.6 Å². The van der Waals surface area contributed by atoms with E-state index >= 15 is 0 Å². The zero-order valence-electron chi connectivity index (χ0n) is 15.0. The predicted molar refractivity (Wildman–Crippen MR) is 107 cm³/mol. The van der Waals surface area contributed by atoms with Gasteiger partial charge in [-0.3, -0.25) is 9.59 Å². The van der Waals surface area contributed by atoms with Gasteiger partial charge in [-0.25, -0.2) is 0 Å². The number of anilines is 1. The van der Waals surface area contributed by atoms with Gasteiger partial charge in [-0.2, -0.15) is 0 Å². The van der Waals surface area contributed by atoms with Gasteiger partial charge in [-0.15, -0.1) is 0 Å². The van der Waals surface area contributed by atoms with Crippen molar-refractivity contribution >= 4 is 40.7 Å². The summed E-state index contributed by atoms with van der Waals surface area (Å²) >= 11 is 11.9. The van der Waals surface area contributed by atoms with Crippen molar-refractivity contribution in [3.05, 3.63) is 63.6 Å². The Bertz CT molecular complexity index is 796. The normalized spacial score (nSPS) is 11.1. The van der Waals surface area contributed by atoms with Crippen LogP contribution in [0, 0.1) is 0 Å². The third kappa shape index (κ3) is 5.48. The van der Waals surface area contributed by atoms with E-state index in [1.807, 2.05) is 12.1 Å². The Kier molecular flexibility index (Phi) is 6.68. The summed E-state index contributed by atoms with van der Waals surface area (Å²) in [7, 11) is 0. The zero-order chi connectivity index (χ0) is 19.3. The van der Waals surface area contributed by atoms with Crippen molar-refractivity contribution in [2.24, 2.45) is 0 Å². The molecule has 26 heavy (non-hydrogen) atoms. The molecule has 2 N–H and O–H groups in total. The zero-order valence-corrected chi connectivity index (χ0v) is 16.5. The second-order valence-electron chi connectivity index (χ2n) is 6.98. The van der Waals surface area contributed by atoms with Gasteiger partial charge in [0, 0.05) is 18.5 Å². The summed E-state index contributed by atoms with van der Waals surface area (Å²) in [5.74, 6) is -0.461. The summed E-state index contributed by atoms with van der Waals surface area (Å²) in [6.07, 6.45) is 0.134. The molecule has 0 spiro atoms. The lowest BCUT2D eigenvalue weighted by Crippen LogP contribution is -2.27. The van der Waals surface area contributed by atoms with Gasteiger partial charge in [-0.1, -0.05) is 62.2 Å². The lowest BCUT2D eigenvalue weighted by atomic mass is 9.87. The lowest BCUT2D eigenvalue weighted by Gasteiger charge is -2.19. The number of halogens is 2. The molecule has 2 aromatic carbocycles. The van der Waals surface area contributed by atoms with Crippen LogP contribution in [0.4, 0.5) is 5.69 Å². The first-order valence-corrected chi connectivity index (χ1v) is 9.06. The quantitative estimate of drug-likeness (QED) is 0.747. The molecule has 0 aliphatic carbocycles. The van der Waals surface area contributed by atoms with Crippen LogP contribution in [-0.4, -0.2) is 18.4 Å². The second-order valence-corrected chi connectivity index (χ2v) is 7.77. The van der Waals surface area contributed by atoms with Gasteiger partial charge in [0.25, 0.3) is 5.91 Å². The van der Waals surface area contributed by atoms with Gasteiger partial charge in [-0.05, 0) is 35.2 Å². The molecule has 0 aliphatic heterocycles. The molecule has 2 amide bonds. The molecule has 0 radical (unpaired) electrons. The van der Waals surface area contributed by atoms with Crippen LogP contribution >= 0.6 is 23.2 Å². The molecule has 0 unspecified atom stereocenters. The highest BCUT2D eigenvalue weighted by atomic mass is 35.5. The summed E-state index contributed by atoms with van der Waals surface area (Å²) in [6, 6.07) is 12.5. The van der Waals surface area contributed by atoms with Crippen molar-refractivity contribution in [3.8, 4) is 0 Å². The molecule has 2 rings (SSSR count). The summed E-state index contributed by atoms with van der Waals surface area (Å²) in [5, 5.41) is 6.09. The van der Waals surface area contributed by atoms with E-state index < -0.39 is 0 Å². The first-order chi connectivity index (χ1) is 12.2. The summed E-state index contributed by atoms with van der Waals surface area (Å²) in [5.41, 5.74) is 2.21. The molecule has 2 aromatic rings. The number of nitrogens with one attached hydrogen (secondary N) is 2. The van der Waals surface area contributed by atoms with Crippen LogP contribution in [0.1, 0.15) is 43.1 Å². The smallest absolute Gasteiger partial charge is 0.251 e. The average molecular weight is 393 g/mol. The summed E-state index contributed by atoms with van der Waals surface area (Å²) in [6.45, 7) is 6.58. The van der Waals surface area contributed by atoms with Gasteiger partial charge in [0.15, 0.2) is 0 Å². The molecule has 138 valence electrons. The van der Waals surface area contributed by atoms with E-state index in [-0.39, 0.29) is 30.2 Å². The Morgan fingerprint density at radius 2 is 1.65 bits per heavy atom. The largest absolute Gasteiger partial charge is 0.352 e. The molecule has 4 nitrogen and oxygen atoms in total. The van der Waals surface area contributed by atoms with Crippen LogP contribution in [0.15, 0.2) is 42.5 Å². The standard InChI is InChI=1S/C20H22Cl2N2O2/c1-20(2,3)14-9-7-13(8-10-14)19(26)23-12-11-17(25)24-16-6-4-5-15(21)18(16)22/h4-10H,11-12H2,1-3H3,(H,23,26)(H,24,25). The number of hydrogen-bond acceptors (Lipinski definition) is 2. The Balaban J connectivity index is 1.84. The first kappa shape index (κ1) is 20.3. The fraction of sp³-hybridized carbons (Fsp3) is 0.300. The number of hydrogen-bond donors (Lipinski definition) is 2. The maximum atomic E-state index is 12.2. The Hall–Kier alpha value is -2.04. The van der Waals surface area contributed by atoms with Gasteiger partial charge in [0.2, 0.25) is 5.91 Å². The minimum Gasteiger partial charge on any atom is -0.352 e. The molecular weight excluding hydrogens is 371 g/mol. The summed E-state index contributed by atoms with van der Waals surface area (Å²) in [4.78, 5) is 24.1. The number of carbonyl (C=O) groups is 2. The van der Waals surface area contributed by atoms with Crippen molar-refractivity contribution in [2.45, 2.75) is 32.6 Å². The van der Waals surface area contributed by atoms with Gasteiger partial charge < -0.3 is 10.6 Å². The van der Waals surface area contributed by atoms with Crippen LogP contribution in [-0.2, 0) is 10.2 Å². The highest BCUT2D eigenvalue weighted by Gasteiger charge is 2.14. The SMILES string of the molecule is CC(C)(C)c1ccc(C(=O)NCCC(=O)Nc2cccc(Cl)c2Cl)cc1. The third-order valence-electron chi connectivity index (χ3n) is 3.88. The number of amides is 2. The Morgan fingerprint density at radius 1 is 1.00 bits per heavy atom. The molecule has 0 saturated heterocycles. The molecule has 0 atom stereocenters. The predicted octanol–water partition coefficient (Wildman–Crippen LogP) is 5.05. The van der Waals surface area contributed by atoms with Crippen molar-refractivity contribution in [3.63, 3.8) is 0 Å². The minimum absolute atomic E-state index is 0.0364. The number of rotatable bonds is 5. The van der Waals surface area contributed by atoms with E-state index in [2.05, 4.69) is 31.4 Å². The number of benzene rings is 2. The van der Waals surface area contributed by atoms with E-state index in [9.17, 15) is 9.59 Å². The number of carbonyl (C=O) groups excluding carboxylic acids is 2. The van der Waals surface area contributed by atoms with Crippen molar-refractivity contribution in [1.29, 1.82) is 0 Å². The fourth-order valence-electron chi connectivity index (χ4n) is 2.33. The van der Waals surface area contributed by atoms with Crippen LogP contribution in [0.5, 0.6) is 0 Å². The minimum atomic E-state index is -0.252. The highest BCUT2D eigenvalue weighted by molar-refractivity contribution is 6.43. The van der Waals surface area contributed by atoms with Crippen LogP contribution in [0.3, 0.4) is 0 Å². The van der Waals surface area contributed by atoms with Crippen molar-refractivity contribution in [1.82, 2.24) is 5.32 Å². The van der Waals surface area contributed by atoms with Crippen molar-refractivity contribution in [2.75, 3.05) is 11.9 Å². The van der Waals surface area contributed by atoms with E-state index in [0.29, 0.717) is 21.3 Å². The lowest BCUT2D eigenvalue weighted by molar-refractivity contribution is -0.116. The maximum Gasteiger partial charge on any atom is 0.251 e. The molecule has 0 bridgehead atoms. The van der Waals surface area contributed by atoms with Crippen LogP contribution in [0.25, 0.3) is 0 Å². The average Bonchev–Trinajstić information content (AvgIpc) is 2.58. The fourth-order valence-corrected chi connectivity index (χ4v) is 2.67. The molecule has 0 saturated carbocycles. The van der Waals surface area contributed by atoms with Gasteiger partial charge >= 0.3 is 0 Å². The molecular formula is C20H22Cl2N2O2. The molecule has 0 fully saturated rings. The van der Waals surface area contributed by atoms with E-state index in [4.69, 9.17) is 23.2 Å². The van der Waals surface area contributed by atoms with E-state index in [0.717, 1.165) is 5.56 Å². The topological polar surface area (TPSA) is 58.2 Å².